The first kappa shape index (κ1) is 11.8. The Morgan fingerprint density at radius 2 is 2.18 bits per heavy atom. The fourth-order valence-electron chi connectivity index (χ4n) is 1.71. The predicted octanol–water partition coefficient (Wildman–Crippen LogP) is 3.15. The molecule has 2 aromatic rings. The number of nitrogens with zero attached hydrogens (tertiary/aromatic N) is 1. The SMILES string of the molecule is CCc1c(Cl)cc(-c2cc(N)on2)cc1OC. The van der Waals surface area contributed by atoms with E-state index in [1.165, 1.54) is 0 Å². The van der Waals surface area contributed by atoms with Crippen LogP contribution in [0.25, 0.3) is 11.3 Å². The van der Waals surface area contributed by atoms with E-state index >= 15 is 0 Å². The number of ether oxygens (including phenoxy) is 1. The van der Waals surface area contributed by atoms with Gasteiger partial charge in [-0.15, -0.1) is 0 Å². The summed E-state index contributed by atoms with van der Waals surface area (Å²) in [6, 6.07) is 5.36. The van der Waals surface area contributed by atoms with Crippen LogP contribution in [0.3, 0.4) is 0 Å². The molecular weight excluding hydrogens is 240 g/mol. The quantitative estimate of drug-likeness (QED) is 0.912. The van der Waals surface area contributed by atoms with E-state index in [1.807, 2.05) is 19.1 Å². The maximum Gasteiger partial charge on any atom is 0.222 e. The van der Waals surface area contributed by atoms with Crippen LogP contribution in [-0.2, 0) is 6.42 Å². The molecule has 0 aliphatic rings. The summed E-state index contributed by atoms with van der Waals surface area (Å²) < 4.78 is 10.1. The standard InChI is InChI=1S/C12H13ClN2O2/c1-3-8-9(13)4-7(5-11(8)16-2)10-6-12(14)17-15-10/h4-6H,3,14H2,1-2H3. The molecule has 1 aromatic heterocycles. The maximum atomic E-state index is 6.20. The summed E-state index contributed by atoms with van der Waals surface area (Å²) in [4.78, 5) is 0. The molecule has 0 atom stereocenters. The summed E-state index contributed by atoms with van der Waals surface area (Å²) in [5.41, 5.74) is 7.94. The van der Waals surface area contributed by atoms with Crippen LogP contribution in [0, 0.1) is 0 Å². The third kappa shape index (κ3) is 2.22. The highest BCUT2D eigenvalue weighted by Gasteiger charge is 2.12. The Morgan fingerprint density at radius 3 is 2.71 bits per heavy atom. The number of aromatic nitrogens is 1. The van der Waals surface area contributed by atoms with Gasteiger partial charge in [0.05, 0.1) is 7.11 Å². The van der Waals surface area contributed by atoms with Crippen LogP contribution in [0.4, 0.5) is 5.88 Å². The van der Waals surface area contributed by atoms with Crippen LogP contribution in [0.15, 0.2) is 22.7 Å². The number of anilines is 1. The molecule has 0 bridgehead atoms. The number of rotatable bonds is 3. The monoisotopic (exact) mass is 252 g/mol. The van der Waals surface area contributed by atoms with Gasteiger partial charge in [-0.25, -0.2) is 0 Å². The third-order valence-electron chi connectivity index (χ3n) is 2.55. The van der Waals surface area contributed by atoms with Crippen molar-refractivity contribution in [2.24, 2.45) is 0 Å². The Bertz CT molecular complexity index is 537. The van der Waals surface area contributed by atoms with Gasteiger partial charge in [0.15, 0.2) is 0 Å². The number of benzene rings is 1. The van der Waals surface area contributed by atoms with Crippen LogP contribution in [0.2, 0.25) is 5.02 Å². The normalized spacial score (nSPS) is 10.5. The molecule has 0 fully saturated rings. The third-order valence-corrected chi connectivity index (χ3v) is 2.89. The lowest BCUT2D eigenvalue weighted by molar-refractivity contribution is 0.410. The molecule has 0 unspecified atom stereocenters. The Labute approximate surface area is 104 Å². The van der Waals surface area contributed by atoms with E-state index in [0.717, 1.165) is 23.3 Å². The van der Waals surface area contributed by atoms with E-state index < -0.39 is 0 Å². The van der Waals surface area contributed by atoms with Crippen molar-refractivity contribution in [3.8, 4) is 17.0 Å². The smallest absolute Gasteiger partial charge is 0.222 e. The van der Waals surface area contributed by atoms with E-state index in [-0.39, 0.29) is 5.88 Å². The number of methoxy groups -OCH3 is 1. The van der Waals surface area contributed by atoms with Gasteiger partial charge >= 0.3 is 0 Å². The van der Waals surface area contributed by atoms with Gasteiger partial charge in [0.25, 0.3) is 0 Å². The fourth-order valence-corrected chi connectivity index (χ4v) is 2.05. The first-order chi connectivity index (χ1) is 8.15. The molecule has 0 radical (unpaired) electrons. The second-order valence-electron chi connectivity index (χ2n) is 3.61. The zero-order valence-corrected chi connectivity index (χ0v) is 10.4. The summed E-state index contributed by atoms with van der Waals surface area (Å²) >= 11 is 6.20. The molecule has 5 heteroatoms. The van der Waals surface area contributed by atoms with Gasteiger partial charge in [0, 0.05) is 22.2 Å². The minimum atomic E-state index is 0.273. The highest BCUT2D eigenvalue weighted by atomic mass is 35.5. The van der Waals surface area contributed by atoms with Gasteiger partial charge in [-0.05, 0) is 18.6 Å². The average Bonchev–Trinajstić information content (AvgIpc) is 2.74. The van der Waals surface area contributed by atoms with Crippen LogP contribution in [0.5, 0.6) is 5.75 Å². The van der Waals surface area contributed by atoms with Crippen molar-refractivity contribution < 1.29 is 9.26 Å². The predicted molar refractivity (Wildman–Crippen MR) is 67.3 cm³/mol. The first-order valence-corrected chi connectivity index (χ1v) is 5.62. The molecule has 0 aliphatic heterocycles. The Morgan fingerprint density at radius 1 is 1.41 bits per heavy atom. The number of halogens is 1. The van der Waals surface area contributed by atoms with Crippen LogP contribution in [-0.4, -0.2) is 12.3 Å². The molecule has 1 aromatic carbocycles. The molecule has 0 spiro atoms. The lowest BCUT2D eigenvalue weighted by atomic mass is 10.1. The summed E-state index contributed by atoms with van der Waals surface area (Å²) in [7, 11) is 1.62. The summed E-state index contributed by atoms with van der Waals surface area (Å²) in [5, 5.41) is 4.50. The molecule has 0 aliphatic carbocycles. The summed E-state index contributed by atoms with van der Waals surface area (Å²) in [5.74, 6) is 1.02. The Hall–Kier alpha value is -1.68. The number of nitrogen functional groups attached to an aromatic ring is 1. The molecular formula is C12H13ClN2O2. The molecule has 90 valence electrons. The highest BCUT2D eigenvalue weighted by molar-refractivity contribution is 6.31. The maximum absolute atomic E-state index is 6.20. The van der Waals surface area contributed by atoms with Crippen LogP contribution < -0.4 is 10.5 Å². The van der Waals surface area contributed by atoms with Gasteiger partial charge in [-0.2, -0.15) is 0 Å². The molecule has 2 N–H and O–H groups in total. The van der Waals surface area contributed by atoms with E-state index in [2.05, 4.69) is 5.16 Å². The van der Waals surface area contributed by atoms with Gasteiger partial charge in [-0.3, -0.25) is 0 Å². The number of hydrogen-bond acceptors (Lipinski definition) is 4. The summed E-state index contributed by atoms with van der Waals surface area (Å²) in [6.07, 6.45) is 0.809. The minimum Gasteiger partial charge on any atom is -0.496 e. The zero-order chi connectivity index (χ0) is 12.4. The van der Waals surface area contributed by atoms with E-state index in [4.69, 9.17) is 26.6 Å². The van der Waals surface area contributed by atoms with Crippen molar-refractivity contribution in [1.82, 2.24) is 5.16 Å². The van der Waals surface area contributed by atoms with Crippen molar-refractivity contribution in [3.63, 3.8) is 0 Å². The van der Waals surface area contributed by atoms with E-state index in [9.17, 15) is 0 Å². The Kier molecular flexibility index (Phi) is 3.24. The Balaban J connectivity index is 2.53. The van der Waals surface area contributed by atoms with Gasteiger partial charge < -0.3 is 15.0 Å². The van der Waals surface area contributed by atoms with Gasteiger partial charge in [0.1, 0.15) is 11.4 Å². The van der Waals surface area contributed by atoms with Crippen molar-refractivity contribution >= 4 is 17.5 Å². The van der Waals surface area contributed by atoms with Crippen LogP contribution in [0.1, 0.15) is 12.5 Å². The lowest BCUT2D eigenvalue weighted by Crippen LogP contribution is -1.93. The summed E-state index contributed by atoms with van der Waals surface area (Å²) in [6.45, 7) is 2.03. The number of nitrogens with two attached hydrogens (primary N) is 1. The van der Waals surface area contributed by atoms with Gasteiger partial charge in [0.2, 0.25) is 5.88 Å². The molecule has 17 heavy (non-hydrogen) atoms. The van der Waals surface area contributed by atoms with Crippen LogP contribution >= 0.6 is 11.6 Å². The molecule has 4 nitrogen and oxygen atoms in total. The van der Waals surface area contributed by atoms with Gasteiger partial charge in [-0.1, -0.05) is 23.7 Å². The zero-order valence-electron chi connectivity index (χ0n) is 9.66. The molecule has 2 rings (SSSR count). The fraction of sp³-hybridized carbons (Fsp3) is 0.250. The second-order valence-corrected chi connectivity index (χ2v) is 4.01. The molecule has 0 saturated carbocycles. The minimum absolute atomic E-state index is 0.273. The second kappa shape index (κ2) is 4.67. The van der Waals surface area contributed by atoms with E-state index in [1.54, 1.807) is 13.2 Å². The highest BCUT2D eigenvalue weighted by Crippen LogP contribution is 2.33. The first-order valence-electron chi connectivity index (χ1n) is 5.24. The van der Waals surface area contributed by atoms with Crippen molar-refractivity contribution in [2.45, 2.75) is 13.3 Å². The molecule has 1 heterocycles. The molecule has 0 amide bonds. The topological polar surface area (TPSA) is 61.3 Å². The van der Waals surface area contributed by atoms with Crippen molar-refractivity contribution in [1.29, 1.82) is 0 Å². The lowest BCUT2D eigenvalue weighted by Gasteiger charge is -2.10. The van der Waals surface area contributed by atoms with Crippen molar-refractivity contribution in [2.75, 3.05) is 12.8 Å². The largest absolute Gasteiger partial charge is 0.496 e. The average molecular weight is 253 g/mol. The number of hydrogen-bond donors (Lipinski definition) is 1. The van der Waals surface area contributed by atoms with E-state index in [0.29, 0.717) is 10.7 Å². The van der Waals surface area contributed by atoms with Crippen molar-refractivity contribution in [3.05, 3.63) is 28.8 Å². The molecule has 0 saturated heterocycles.